The van der Waals surface area contributed by atoms with Crippen LogP contribution in [0.1, 0.15) is 28.7 Å². The van der Waals surface area contributed by atoms with E-state index in [-0.39, 0.29) is 11.6 Å². The first kappa shape index (κ1) is 16.2. The lowest BCUT2D eigenvalue weighted by Crippen LogP contribution is -2.11. The summed E-state index contributed by atoms with van der Waals surface area (Å²) in [5, 5.41) is 25.2. The van der Waals surface area contributed by atoms with Crippen LogP contribution >= 0.6 is 0 Å². The van der Waals surface area contributed by atoms with Crippen LogP contribution in [0.4, 0.5) is 16.0 Å². The molecule has 7 nitrogen and oxygen atoms in total. The zero-order chi connectivity index (χ0) is 18.3. The standard InChI is InChI=1S/C18H17FN6O/c1-10-8-12(5-6-13(10)19)16(26)18-21-17(14-4-3-7-25(14)24-18)20-15-9-11(2)22-23-15/h3-9,16,26H,1-2H3,(H2,20,21,22,23,24). The molecule has 0 amide bonds. The van der Waals surface area contributed by atoms with Crippen molar-refractivity contribution in [2.45, 2.75) is 20.0 Å². The normalized spacial score (nSPS) is 12.5. The minimum atomic E-state index is -1.08. The van der Waals surface area contributed by atoms with Crippen molar-refractivity contribution >= 4 is 17.2 Å². The maximum absolute atomic E-state index is 13.5. The van der Waals surface area contributed by atoms with Gasteiger partial charge < -0.3 is 10.4 Å². The molecule has 1 aromatic carbocycles. The lowest BCUT2D eigenvalue weighted by Gasteiger charge is -2.13. The van der Waals surface area contributed by atoms with E-state index in [4.69, 9.17) is 0 Å². The lowest BCUT2D eigenvalue weighted by molar-refractivity contribution is 0.208. The number of benzene rings is 1. The van der Waals surface area contributed by atoms with Crippen LogP contribution in [0.25, 0.3) is 5.52 Å². The Morgan fingerprint density at radius 3 is 2.81 bits per heavy atom. The van der Waals surface area contributed by atoms with Crippen molar-refractivity contribution in [3.05, 3.63) is 71.1 Å². The molecule has 4 rings (SSSR count). The molecule has 0 bridgehead atoms. The summed E-state index contributed by atoms with van der Waals surface area (Å²) in [7, 11) is 0. The van der Waals surface area contributed by atoms with Crippen molar-refractivity contribution < 1.29 is 9.50 Å². The van der Waals surface area contributed by atoms with Crippen LogP contribution in [-0.2, 0) is 0 Å². The monoisotopic (exact) mass is 352 g/mol. The number of halogens is 1. The summed E-state index contributed by atoms with van der Waals surface area (Å²) in [5.74, 6) is 1.01. The molecule has 0 aliphatic rings. The van der Waals surface area contributed by atoms with Crippen LogP contribution in [0.2, 0.25) is 0 Å². The van der Waals surface area contributed by atoms with Gasteiger partial charge >= 0.3 is 0 Å². The molecule has 0 aliphatic carbocycles. The number of nitrogens with zero attached hydrogens (tertiary/aromatic N) is 4. The van der Waals surface area contributed by atoms with Crippen molar-refractivity contribution in [1.29, 1.82) is 0 Å². The van der Waals surface area contributed by atoms with E-state index in [1.807, 2.05) is 25.1 Å². The van der Waals surface area contributed by atoms with Crippen LogP contribution in [0.3, 0.4) is 0 Å². The minimum absolute atomic E-state index is 0.203. The van der Waals surface area contributed by atoms with Gasteiger partial charge in [-0.25, -0.2) is 13.9 Å². The quantitative estimate of drug-likeness (QED) is 0.525. The minimum Gasteiger partial charge on any atom is -0.380 e. The molecular weight excluding hydrogens is 335 g/mol. The Kier molecular flexibility index (Phi) is 3.89. The van der Waals surface area contributed by atoms with Crippen molar-refractivity contribution in [2.75, 3.05) is 5.32 Å². The fourth-order valence-corrected chi connectivity index (χ4v) is 2.75. The summed E-state index contributed by atoms with van der Waals surface area (Å²) in [5.41, 5.74) is 2.64. The second kappa shape index (κ2) is 6.23. The first-order chi connectivity index (χ1) is 12.5. The summed E-state index contributed by atoms with van der Waals surface area (Å²) in [4.78, 5) is 4.47. The smallest absolute Gasteiger partial charge is 0.184 e. The number of hydrogen-bond donors (Lipinski definition) is 3. The second-order valence-corrected chi connectivity index (χ2v) is 6.13. The maximum atomic E-state index is 13.5. The van der Waals surface area contributed by atoms with Gasteiger partial charge in [0.2, 0.25) is 0 Å². The van der Waals surface area contributed by atoms with Crippen LogP contribution < -0.4 is 5.32 Å². The fourth-order valence-electron chi connectivity index (χ4n) is 2.75. The van der Waals surface area contributed by atoms with Crippen LogP contribution in [0.15, 0.2) is 42.6 Å². The van der Waals surface area contributed by atoms with Gasteiger partial charge in [0.25, 0.3) is 0 Å². The zero-order valence-corrected chi connectivity index (χ0v) is 14.2. The van der Waals surface area contributed by atoms with Gasteiger partial charge in [-0.2, -0.15) is 5.10 Å². The average molecular weight is 352 g/mol. The third kappa shape index (κ3) is 2.91. The molecule has 0 fully saturated rings. The van der Waals surface area contributed by atoms with Gasteiger partial charge in [0, 0.05) is 18.0 Å². The SMILES string of the molecule is Cc1cc(Nc2nc(C(O)c3ccc(F)c(C)c3)nn3cccc23)n[nH]1. The second-order valence-electron chi connectivity index (χ2n) is 6.13. The number of rotatable bonds is 4. The summed E-state index contributed by atoms with van der Waals surface area (Å²) in [6.07, 6.45) is 0.687. The van der Waals surface area contributed by atoms with Gasteiger partial charge in [0.05, 0.1) is 0 Å². The molecule has 0 saturated carbocycles. The van der Waals surface area contributed by atoms with Gasteiger partial charge in [-0.05, 0) is 43.2 Å². The molecular formula is C18H17FN6O. The zero-order valence-electron chi connectivity index (χ0n) is 14.2. The van der Waals surface area contributed by atoms with Gasteiger partial charge in [0.1, 0.15) is 17.4 Å². The first-order valence-corrected chi connectivity index (χ1v) is 8.10. The van der Waals surface area contributed by atoms with E-state index in [9.17, 15) is 9.50 Å². The summed E-state index contributed by atoms with van der Waals surface area (Å²) in [6, 6.07) is 9.99. The van der Waals surface area contributed by atoms with E-state index in [2.05, 4.69) is 25.6 Å². The van der Waals surface area contributed by atoms with Crippen LogP contribution in [-0.4, -0.2) is 29.9 Å². The van der Waals surface area contributed by atoms with Crippen LogP contribution in [0.5, 0.6) is 0 Å². The molecule has 0 aliphatic heterocycles. The molecule has 26 heavy (non-hydrogen) atoms. The van der Waals surface area contributed by atoms with E-state index in [1.54, 1.807) is 23.7 Å². The largest absolute Gasteiger partial charge is 0.380 e. The van der Waals surface area contributed by atoms with E-state index >= 15 is 0 Å². The number of anilines is 2. The topological polar surface area (TPSA) is 91.1 Å². The van der Waals surface area contributed by atoms with Gasteiger partial charge in [0.15, 0.2) is 17.5 Å². The number of fused-ring (bicyclic) bond motifs is 1. The highest BCUT2D eigenvalue weighted by Crippen LogP contribution is 2.25. The molecule has 0 saturated heterocycles. The lowest BCUT2D eigenvalue weighted by atomic mass is 10.1. The predicted molar refractivity (Wildman–Crippen MR) is 94.8 cm³/mol. The molecule has 8 heteroatoms. The highest BCUT2D eigenvalue weighted by molar-refractivity contribution is 5.72. The van der Waals surface area contributed by atoms with E-state index in [0.29, 0.717) is 22.8 Å². The highest BCUT2D eigenvalue weighted by atomic mass is 19.1. The Morgan fingerprint density at radius 2 is 2.08 bits per heavy atom. The highest BCUT2D eigenvalue weighted by Gasteiger charge is 2.18. The fraction of sp³-hybridized carbons (Fsp3) is 0.167. The molecule has 3 aromatic heterocycles. The number of aryl methyl sites for hydroxylation is 2. The Bertz CT molecular complexity index is 1090. The molecule has 3 heterocycles. The third-order valence-corrected chi connectivity index (χ3v) is 4.10. The molecule has 132 valence electrons. The number of aromatic amines is 1. The maximum Gasteiger partial charge on any atom is 0.184 e. The third-order valence-electron chi connectivity index (χ3n) is 4.10. The Labute approximate surface area is 148 Å². The molecule has 0 radical (unpaired) electrons. The van der Waals surface area contributed by atoms with Gasteiger partial charge in [-0.1, -0.05) is 12.1 Å². The first-order valence-electron chi connectivity index (χ1n) is 8.10. The Hall–Kier alpha value is -3.26. The number of aromatic nitrogens is 5. The number of H-pyrrole nitrogens is 1. The van der Waals surface area contributed by atoms with Crippen molar-refractivity contribution in [1.82, 2.24) is 24.8 Å². The van der Waals surface area contributed by atoms with Crippen molar-refractivity contribution in [3.63, 3.8) is 0 Å². The summed E-state index contributed by atoms with van der Waals surface area (Å²) >= 11 is 0. The molecule has 1 unspecified atom stereocenters. The Balaban J connectivity index is 1.76. The number of hydrogen-bond acceptors (Lipinski definition) is 5. The number of aliphatic hydroxyl groups excluding tert-OH is 1. The van der Waals surface area contributed by atoms with Crippen molar-refractivity contribution in [3.8, 4) is 0 Å². The van der Waals surface area contributed by atoms with Gasteiger partial charge in [-0.3, -0.25) is 5.10 Å². The van der Waals surface area contributed by atoms with Crippen LogP contribution in [0, 0.1) is 19.7 Å². The predicted octanol–water partition coefficient (Wildman–Crippen LogP) is 3.03. The molecule has 1 atom stereocenters. The molecule has 3 N–H and O–H groups in total. The molecule has 0 spiro atoms. The van der Waals surface area contributed by atoms with E-state index in [1.165, 1.54) is 12.1 Å². The van der Waals surface area contributed by atoms with Crippen molar-refractivity contribution in [2.24, 2.45) is 0 Å². The Morgan fingerprint density at radius 1 is 1.23 bits per heavy atom. The van der Waals surface area contributed by atoms with E-state index in [0.717, 1.165) is 11.2 Å². The summed E-state index contributed by atoms with van der Waals surface area (Å²) in [6.45, 7) is 3.55. The average Bonchev–Trinajstić information content (AvgIpc) is 3.25. The summed E-state index contributed by atoms with van der Waals surface area (Å²) < 4.78 is 15.1. The number of nitrogens with one attached hydrogen (secondary N) is 2. The van der Waals surface area contributed by atoms with E-state index < -0.39 is 6.10 Å². The molecule has 4 aromatic rings. The number of aliphatic hydroxyl groups is 1. The van der Waals surface area contributed by atoms with Gasteiger partial charge in [-0.15, -0.1) is 5.10 Å².